The van der Waals surface area contributed by atoms with Crippen LogP contribution in [0.1, 0.15) is 11.1 Å². The van der Waals surface area contributed by atoms with E-state index < -0.39 is 0 Å². The molecule has 1 atom stereocenters. The number of alkyl halides is 2. The van der Waals surface area contributed by atoms with Crippen LogP contribution >= 0.6 is 27.5 Å². The van der Waals surface area contributed by atoms with Crippen molar-refractivity contribution in [3.05, 3.63) is 33.4 Å². The molecule has 1 N–H and O–H groups in total. The van der Waals surface area contributed by atoms with E-state index >= 15 is 0 Å². The molecule has 2 rings (SSSR count). The zero-order chi connectivity index (χ0) is 11.7. The summed E-state index contributed by atoms with van der Waals surface area (Å²) in [5.41, 5.74) is 2.82. The van der Waals surface area contributed by atoms with Crippen LogP contribution in [0, 0.1) is 10.1 Å². The highest BCUT2D eigenvalue weighted by Crippen LogP contribution is 2.32. The maximum Gasteiger partial charge on any atom is 0.274 e. The molecular formula is C10H10BrClN2O2. The lowest BCUT2D eigenvalue weighted by molar-refractivity contribution is -0.385. The largest absolute Gasteiger partial charge is 0.384 e. The number of nitro groups is 1. The number of nitro benzene ring substituents is 1. The van der Waals surface area contributed by atoms with Crippen molar-refractivity contribution >= 4 is 38.9 Å². The molecule has 0 unspecified atom stereocenters. The smallest absolute Gasteiger partial charge is 0.274 e. The van der Waals surface area contributed by atoms with Crippen LogP contribution in [0.25, 0.3) is 0 Å². The molecule has 0 radical (unpaired) electrons. The summed E-state index contributed by atoms with van der Waals surface area (Å²) in [6.07, 6.45) is 1.36. The monoisotopic (exact) mass is 304 g/mol. The summed E-state index contributed by atoms with van der Waals surface area (Å²) in [6.45, 7) is 0.842. The van der Waals surface area contributed by atoms with Crippen molar-refractivity contribution in [3.8, 4) is 0 Å². The highest BCUT2D eigenvalue weighted by Gasteiger charge is 2.21. The average Bonchev–Trinajstić information content (AvgIpc) is 2.62. The van der Waals surface area contributed by atoms with Gasteiger partial charge in [0, 0.05) is 30.3 Å². The molecular weight excluding hydrogens is 295 g/mol. The summed E-state index contributed by atoms with van der Waals surface area (Å²) in [6, 6.07) is 3.48. The lowest BCUT2D eigenvalue weighted by Gasteiger charge is -2.07. The van der Waals surface area contributed by atoms with Crippen LogP contribution in [0.15, 0.2) is 12.1 Å². The Labute approximate surface area is 106 Å². The van der Waals surface area contributed by atoms with Crippen LogP contribution in [0.4, 0.5) is 11.4 Å². The van der Waals surface area contributed by atoms with E-state index in [1.54, 1.807) is 6.07 Å². The van der Waals surface area contributed by atoms with E-state index in [4.69, 9.17) is 11.6 Å². The molecule has 0 aromatic heterocycles. The van der Waals surface area contributed by atoms with Gasteiger partial charge in [0.15, 0.2) is 0 Å². The number of halogens is 2. The fourth-order valence-corrected chi connectivity index (χ4v) is 2.40. The lowest BCUT2D eigenvalue weighted by Crippen LogP contribution is -2.01. The van der Waals surface area contributed by atoms with Gasteiger partial charge in [-0.3, -0.25) is 10.1 Å². The van der Waals surface area contributed by atoms with Gasteiger partial charge in [-0.25, -0.2) is 0 Å². The first-order chi connectivity index (χ1) is 7.58. The molecule has 4 nitrogen and oxygen atoms in total. The summed E-state index contributed by atoms with van der Waals surface area (Å²) in [7, 11) is 0. The predicted octanol–water partition coefficient (Wildman–Crippen LogP) is 3.07. The number of fused-ring (bicyclic) bond motifs is 1. The molecule has 0 fully saturated rings. The van der Waals surface area contributed by atoms with Gasteiger partial charge in [-0.1, -0.05) is 15.9 Å². The van der Waals surface area contributed by atoms with Gasteiger partial charge in [0.25, 0.3) is 5.69 Å². The Hall–Kier alpha value is -0.810. The molecule has 1 aromatic rings. The third kappa shape index (κ3) is 2.30. The molecule has 0 aliphatic carbocycles. The molecule has 1 aromatic carbocycles. The second-order valence-electron chi connectivity index (χ2n) is 3.67. The molecule has 86 valence electrons. The van der Waals surface area contributed by atoms with Gasteiger partial charge in [0.2, 0.25) is 0 Å². The van der Waals surface area contributed by atoms with Crippen molar-refractivity contribution in [2.75, 3.05) is 11.9 Å². The minimum atomic E-state index is -0.359. The molecule has 0 saturated heterocycles. The summed E-state index contributed by atoms with van der Waals surface area (Å²) in [5.74, 6) is 0. The number of hydrogen-bond donors (Lipinski definition) is 1. The van der Waals surface area contributed by atoms with Crippen LogP contribution in [0.3, 0.4) is 0 Å². The van der Waals surface area contributed by atoms with Crippen molar-refractivity contribution in [2.45, 2.75) is 17.1 Å². The number of anilines is 1. The van der Waals surface area contributed by atoms with Crippen LogP contribution in [-0.2, 0) is 12.8 Å². The lowest BCUT2D eigenvalue weighted by atomic mass is 10.0. The number of benzene rings is 1. The molecule has 0 saturated carbocycles. The Morgan fingerprint density at radius 2 is 2.38 bits per heavy atom. The SMILES string of the molecule is O=[N+]([O-])c1cc2c(cc1C[C@@H](Cl)Br)CCN2. The first-order valence-electron chi connectivity index (χ1n) is 4.90. The molecule has 6 heteroatoms. The maximum absolute atomic E-state index is 10.9. The molecule has 0 amide bonds. The summed E-state index contributed by atoms with van der Waals surface area (Å²) in [5, 5.41) is 14.0. The molecule has 1 heterocycles. The Morgan fingerprint density at radius 3 is 3.00 bits per heavy atom. The van der Waals surface area contributed by atoms with Crippen LogP contribution < -0.4 is 5.32 Å². The number of hydrogen-bond acceptors (Lipinski definition) is 3. The molecule has 1 aliphatic rings. The summed E-state index contributed by atoms with van der Waals surface area (Å²) in [4.78, 5) is 10.6. The van der Waals surface area contributed by atoms with Crippen molar-refractivity contribution in [2.24, 2.45) is 0 Å². The number of nitrogens with zero attached hydrogens (tertiary/aromatic N) is 1. The number of rotatable bonds is 3. The third-order valence-corrected chi connectivity index (χ3v) is 3.06. The summed E-state index contributed by atoms with van der Waals surface area (Å²) < 4.78 is -0.279. The Kier molecular flexibility index (Phi) is 3.35. The highest BCUT2D eigenvalue weighted by molar-refractivity contribution is 9.10. The Morgan fingerprint density at radius 1 is 1.62 bits per heavy atom. The minimum absolute atomic E-state index is 0.137. The second kappa shape index (κ2) is 4.59. The first kappa shape index (κ1) is 11.7. The normalized spacial score (nSPS) is 15.4. The highest BCUT2D eigenvalue weighted by atomic mass is 79.9. The molecule has 0 spiro atoms. The van der Waals surface area contributed by atoms with E-state index in [2.05, 4.69) is 21.2 Å². The van der Waals surface area contributed by atoms with Crippen molar-refractivity contribution in [3.63, 3.8) is 0 Å². The zero-order valence-electron chi connectivity index (χ0n) is 8.37. The molecule has 16 heavy (non-hydrogen) atoms. The fraction of sp³-hybridized carbons (Fsp3) is 0.400. The Balaban J connectivity index is 2.44. The minimum Gasteiger partial charge on any atom is -0.384 e. The average molecular weight is 306 g/mol. The fourth-order valence-electron chi connectivity index (χ4n) is 1.89. The molecule has 1 aliphatic heterocycles. The Bertz CT molecular complexity index is 437. The zero-order valence-corrected chi connectivity index (χ0v) is 10.7. The number of nitrogens with one attached hydrogen (secondary N) is 1. The van der Waals surface area contributed by atoms with E-state index in [0.29, 0.717) is 12.0 Å². The maximum atomic E-state index is 10.9. The van der Waals surface area contributed by atoms with Crippen LogP contribution in [0.2, 0.25) is 0 Å². The van der Waals surface area contributed by atoms with Crippen molar-refractivity contribution < 1.29 is 4.92 Å². The topological polar surface area (TPSA) is 55.2 Å². The summed E-state index contributed by atoms with van der Waals surface area (Å²) >= 11 is 9.02. The van der Waals surface area contributed by atoms with Gasteiger partial charge in [-0.2, -0.15) is 0 Å². The van der Waals surface area contributed by atoms with Gasteiger partial charge in [0.1, 0.15) is 0 Å². The van der Waals surface area contributed by atoms with E-state index in [0.717, 1.165) is 24.2 Å². The van der Waals surface area contributed by atoms with Gasteiger partial charge in [-0.05, 0) is 18.1 Å². The van der Waals surface area contributed by atoms with Crippen molar-refractivity contribution in [1.82, 2.24) is 0 Å². The van der Waals surface area contributed by atoms with Gasteiger partial charge < -0.3 is 5.32 Å². The standard InChI is InChI=1S/C10H10BrClN2O2/c11-10(12)4-7-3-6-1-2-13-8(6)5-9(7)14(15)16/h3,5,10,13H,1-2,4H2/t10-/m1/s1. The van der Waals surface area contributed by atoms with E-state index in [-0.39, 0.29) is 14.9 Å². The van der Waals surface area contributed by atoms with Gasteiger partial charge in [-0.15, -0.1) is 11.6 Å². The van der Waals surface area contributed by atoms with Gasteiger partial charge in [0.05, 0.1) is 9.21 Å². The second-order valence-corrected chi connectivity index (χ2v) is 5.83. The van der Waals surface area contributed by atoms with Crippen LogP contribution in [-0.4, -0.2) is 15.8 Å². The third-order valence-electron chi connectivity index (χ3n) is 2.59. The first-order valence-corrected chi connectivity index (χ1v) is 6.25. The molecule has 0 bridgehead atoms. The van der Waals surface area contributed by atoms with Crippen LogP contribution in [0.5, 0.6) is 0 Å². The van der Waals surface area contributed by atoms with Crippen molar-refractivity contribution in [1.29, 1.82) is 0 Å². The van der Waals surface area contributed by atoms with E-state index in [1.807, 2.05) is 6.07 Å². The van der Waals surface area contributed by atoms with E-state index in [9.17, 15) is 10.1 Å². The van der Waals surface area contributed by atoms with Gasteiger partial charge >= 0.3 is 0 Å². The quantitative estimate of drug-likeness (QED) is 0.530. The predicted molar refractivity (Wildman–Crippen MR) is 67.6 cm³/mol. The van der Waals surface area contributed by atoms with E-state index in [1.165, 1.54) is 0 Å².